The van der Waals surface area contributed by atoms with Crippen LogP contribution in [0.5, 0.6) is 5.75 Å². The number of phenols is 1. The standard InChI is InChI=1S/C13H18N2O3/c14-12(9-10-3-5-11(16)6-4-10)13(17)15-7-1-2-8-18-15/h3-6,12,16H,1-2,7-9,14H2. The van der Waals surface area contributed by atoms with Gasteiger partial charge in [-0.05, 0) is 37.0 Å². The number of amides is 1. The number of nitrogens with zero attached hydrogens (tertiary/aromatic N) is 1. The molecule has 0 bridgehead atoms. The lowest BCUT2D eigenvalue weighted by molar-refractivity contribution is -0.198. The first-order valence-corrected chi connectivity index (χ1v) is 6.14. The van der Waals surface area contributed by atoms with Crippen LogP contribution < -0.4 is 5.73 Å². The summed E-state index contributed by atoms with van der Waals surface area (Å²) in [5.74, 6) is 0.0285. The molecule has 1 aliphatic heterocycles. The van der Waals surface area contributed by atoms with Crippen LogP contribution in [0.4, 0.5) is 0 Å². The van der Waals surface area contributed by atoms with E-state index in [-0.39, 0.29) is 11.7 Å². The number of benzene rings is 1. The van der Waals surface area contributed by atoms with Gasteiger partial charge >= 0.3 is 0 Å². The quantitative estimate of drug-likeness (QED) is 0.832. The van der Waals surface area contributed by atoms with Gasteiger partial charge in [-0.1, -0.05) is 12.1 Å². The van der Waals surface area contributed by atoms with Crippen LogP contribution in [0.25, 0.3) is 0 Å². The van der Waals surface area contributed by atoms with Crippen LogP contribution in [-0.2, 0) is 16.1 Å². The molecule has 5 nitrogen and oxygen atoms in total. The second-order valence-corrected chi connectivity index (χ2v) is 4.46. The van der Waals surface area contributed by atoms with Crippen LogP contribution in [0.2, 0.25) is 0 Å². The minimum absolute atomic E-state index is 0.178. The summed E-state index contributed by atoms with van der Waals surface area (Å²) in [6.45, 7) is 1.19. The highest BCUT2D eigenvalue weighted by molar-refractivity contribution is 5.81. The Labute approximate surface area is 106 Å². The number of hydrogen-bond donors (Lipinski definition) is 2. The number of carbonyl (C=O) groups excluding carboxylic acids is 1. The predicted molar refractivity (Wildman–Crippen MR) is 66.7 cm³/mol. The van der Waals surface area contributed by atoms with Crippen LogP contribution in [0.15, 0.2) is 24.3 Å². The zero-order valence-corrected chi connectivity index (χ0v) is 10.2. The van der Waals surface area contributed by atoms with E-state index >= 15 is 0 Å². The summed E-state index contributed by atoms with van der Waals surface area (Å²) < 4.78 is 0. The lowest BCUT2D eigenvalue weighted by Gasteiger charge is -2.28. The molecule has 5 heteroatoms. The molecule has 1 aromatic rings. The molecule has 0 aromatic heterocycles. The molecule has 1 unspecified atom stereocenters. The highest BCUT2D eigenvalue weighted by atomic mass is 16.7. The summed E-state index contributed by atoms with van der Waals surface area (Å²) in [6.07, 6.45) is 2.38. The van der Waals surface area contributed by atoms with E-state index in [4.69, 9.17) is 10.6 Å². The summed E-state index contributed by atoms with van der Waals surface area (Å²) in [7, 11) is 0. The molecule has 0 aliphatic carbocycles. The Balaban J connectivity index is 1.92. The zero-order chi connectivity index (χ0) is 13.0. The second kappa shape index (κ2) is 5.84. The molecule has 1 aliphatic rings. The number of hydrogen-bond acceptors (Lipinski definition) is 4. The van der Waals surface area contributed by atoms with E-state index in [9.17, 15) is 9.90 Å². The van der Waals surface area contributed by atoms with Gasteiger partial charge in [0.05, 0.1) is 12.6 Å². The molecular weight excluding hydrogens is 232 g/mol. The summed E-state index contributed by atoms with van der Waals surface area (Å²) >= 11 is 0. The van der Waals surface area contributed by atoms with Gasteiger partial charge in [0.2, 0.25) is 0 Å². The summed E-state index contributed by atoms with van der Waals surface area (Å²) in [5, 5.41) is 10.5. The van der Waals surface area contributed by atoms with Crippen LogP contribution in [0, 0.1) is 0 Å². The van der Waals surface area contributed by atoms with Gasteiger partial charge in [0.15, 0.2) is 0 Å². The molecule has 3 N–H and O–H groups in total. The molecule has 1 atom stereocenters. The lowest BCUT2D eigenvalue weighted by atomic mass is 10.1. The molecule has 0 radical (unpaired) electrons. The van der Waals surface area contributed by atoms with Crippen molar-refractivity contribution in [3.8, 4) is 5.75 Å². The van der Waals surface area contributed by atoms with E-state index in [2.05, 4.69) is 0 Å². The van der Waals surface area contributed by atoms with Gasteiger partial charge in [-0.15, -0.1) is 0 Å². The van der Waals surface area contributed by atoms with E-state index in [1.54, 1.807) is 24.3 Å². The Bertz CT molecular complexity index is 399. The maximum absolute atomic E-state index is 12.0. The van der Waals surface area contributed by atoms with Crippen molar-refractivity contribution in [3.63, 3.8) is 0 Å². The number of hydroxylamine groups is 2. The van der Waals surface area contributed by atoms with Crippen LogP contribution in [0.1, 0.15) is 18.4 Å². The molecule has 1 amide bonds. The normalized spacial score (nSPS) is 17.5. The summed E-state index contributed by atoms with van der Waals surface area (Å²) in [5.41, 5.74) is 6.81. The van der Waals surface area contributed by atoms with Gasteiger partial charge in [0.25, 0.3) is 5.91 Å². The SMILES string of the molecule is NC(Cc1ccc(O)cc1)C(=O)N1CCCCO1. The van der Waals surface area contributed by atoms with Crippen molar-refractivity contribution in [2.24, 2.45) is 5.73 Å². The number of rotatable bonds is 3. The number of carbonyl (C=O) groups is 1. The van der Waals surface area contributed by atoms with Crippen LogP contribution >= 0.6 is 0 Å². The van der Waals surface area contributed by atoms with E-state index in [0.717, 1.165) is 18.4 Å². The minimum atomic E-state index is -0.604. The van der Waals surface area contributed by atoms with Crippen molar-refractivity contribution in [2.75, 3.05) is 13.2 Å². The first kappa shape index (κ1) is 12.9. The Morgan fingerprint density at radius 1 is 1.39 bits per heavy atom. The lowest BCUT2D eigenvalue weighted by Crippen LogP contribution is -2.46. The molecule has 1 fully saturated rings. The average Bonchev–Trinajstić information content (AvgIpc) is 2.41. The largest absolute Gasteiger partial charge is 0.508 e. The maximum atomic E-state index is 12.0. The van der Waals surface area contributed by atoms with E-state index in [0.29, 0.717) is 19.6 Å². The third-order valence-electron chi connectivity index (χ3n) is 2.96. The van der Waals surface area contributed by atoms with E-state index in [1.807, 2.05) is 0 Å². The van der Waals surface area contributed by atoms with E-state index in [1.165, 1.54) is 5.06 Å². The third-order valence-corrected chi connectivity index (χ3v) is 2.96. The van der Waals surface area contributed by atoms with Crippen molar-refractivity contribution in [3.05, 3.63) is 29.8 Å². The fourth-order valence-electron chi connectivity index (χ4n) is 1.93. The smallest absolute Gasteiger partial charge is 0.263 e. The summed E-state index contributed by atoms with van der Waals surface area (Å²) in [4.78, 5) is 17.3. The minimum Gasteiger partial charge on any atom is -0.508 e. The van der Waals surface area contributed by atoms with E-state index < -0.39 is 6.04 Å². The molecular formula is C13H18N2O3. The molecule has 1 aromatic carbocycles. The molecule has 0 saturated carbocycles. The van der Waals surface area contributed by atoms with Crippen molar-refractivity contribution in [1.29, 1.82) is 0 Å². The number of nitrogens with two attached hydrogens (primary N) is 1. The molecule has 2 rings (SSSR count). The number of aromatic hydroxyl groups is 1. The highest BCUT2D eigenvalue weighted by Gasteiger charge is 2.23. The van der Waals surface area contributed by atoms with Gasteiger partial charge < -0.3 is 10.8 Å². The molecule has 18 heavy (non-hydrogen) atoms. The highest BCUT2D eigenvalue weighted by Crippen LogP contribution is 2.13. The van der Waals surface area contributed by atoms with Crippen molar-refractivity contribution in [2.45, 2.75) is 25.3 Å². The Morgan fingerprint density at radius 2 is 2.11 bits per heavy atom. The second-order valence-electron chi connectivity index (χ2n) is 4.46. The van der Waals surface area contributed by atoms with Crippen molar-refractivity contribution >= 4 is 5.91 Å². The van der Waals surface area contributed by atoms with Crippen molar-refractivity contribution < 1.29 is 14.7 Å². The topological polar surface area (TPSA) is 75.8 Å². The fourth-order valence-corrected chi connectivity index (χ4v) is 1.93. The molecule has 1 saturated heterocycles. The number of phenolic OH excluding ortho intramolecular Hbond substituents is 1. The molecule has 0 spiro atoms. The first-order valence-electron chi connectivity index (χ1n) is 6.14. The molecule has 98 valence electrons. The Morgan fingerprint density at radius 3 is 2.72 bits per heavy atom. The monoisotopic (exact) mass is 250 g/mol. The van der Waals surface area contributed by atoms with Gasteiger partial charge in [0, 0.05) is 6.54 Å². The van der Waals surface area contributed by atoms with Crippen LogP contribution in [0.3, 0.4) is 0 Å². The van der Waals surface area contributed by atoms with Gasteiger partial charge in [-0.3, -0.25) is 9.63 Å². The summed E-state index contributed by atoms with van der Waals surface area (Å²) in [6, 6.07) is 6.10. The zero-order valence-electron chi connectivity index (χ0n) is 10.2. The van der Waals surface area contributed by atoms with Gasteiger partial charge in [-0.2, -0.15) is 0 Å². The Hall–Kier alpha value is -1.59. The predicted octanol–water partition coefficient (Wildman–Crippen LogP) is 0.816. The third kappa shape index (κ3) is 3.21. The van der Waals surface area contributed by atoms with Gasteiger partial charge in [-0.25, -0.2) is 5.06 Å². The fraction of sp³-hybridized carbons (Fsp3) is 0.462. The maximum Gasteiger partial charge on any atom is 0.263 e. The van der Waals surface area contributed by atoms with Crippen LogP contribution in [-0.4, -0.2) is 35.3 Å². The van der Waals surface area contributed by atoms with Gasteiger partial charge in [0.1, 0.15) is 5.75 Å². The average molecular weight is 250 g/mol. The van der Waals surface area contributed by atoms with Crippen molar-refractivity contribution in [1.82, 2.24) is 5.06 Å². The molecule has 1 heterocycles. The first-order chi connectivity index (χ1) is 8.66. The Kier molecular flexibility index (Phi) is 4.17.